The maximum atomic E-state index is 13.3. The van der Waals surface area contributed by atoms with E-state index in [-0.39, 0.29) is 5.82 Å². The summed E-state index contributed by atoms with van der Waals surface area (Å²) in [6.45, 7) is 4.14. The highest BCUT2D eigenvalue weighted by Crippen LogP contribution is 2.24. The highest BCUT2D eigenvalue weighted by molar-refractivity contribution is 5.27. The van der Waals surface area contributed by atoms with Crippen LogP contribution in [0.15, 0.2) is 18.2 Å². The zero-order valence-electron chi connectivity index (χ0n) is 12.1. The Morgan fingerprint density at radius 2 is 2.25 bits per heavy atom. The van der Waals surface area contributed by atoms with Crippen molar-refractivity contribution in [1.29, 1.82) is 5.26 Å². The molecule has 1 aromatic rings. The van der Waals surface area contributed by atoms with E-state index >= 15 is 0 Å². The van der Waals surface area contributed by atoms with Gasteiger partial charge in [0.1, 0.15) is 17.1 Å². The predicted octanol–water partition coefficient (Wildman–Crippen LogP) is 3.33. The summed E-state index contributed by atoms with van der Waals surface area (Å²) < 4.78 is 18.9. The largest absolute Gasteiger partial charge is 0.493 e. The lowest BCUT2D eigenvalue weighted by atomic mass is 9.98. The number of rotatable bonds is 7. The van der Waals surface area contributed by atoms with E-state index in [0.29, 0.717) is 24.0 Å². The predicted molar refractivity (Wildman–Crippen MR) is 76.0 cm³/mol. The van der Waals surface area contributed by atoms with Crippen molar-refractivity contribution in [2.45, 2.75) is 51.1 Å². The van der Waals surface area contributed by atoms with Crippen molar-refractivity contribution in [3.05, 3.63) is 29.6 Å². The van der Waals surface area contributed by atoms with E-state index in [9.17, 15) is 9.65 Å². The van der Waals surface area contributed by atoms with E-state index < -0.39 is 5.54 Å². The summed E-state index contributed by atoms with van der Waals surface area (Å²) in [4.78, 5) is 0. The third kappa shape index (κ3) is 4.21. The maximum Gasteiger partial charge on any atom is 0.129 e. The fourth-order valence-corrected chi connectivity index (χ4v) is 2.12. The van der Waals surface area contributed by atoms with E-state index in [0.717, 1.165) is 25.7 Å². The second-order valence-electron chi connectivity index (χ2n) is 5.73. The highest BCUT2D eigenvalue weighted by Gasteiger charge is 2.31. The van der Waals surface area contributed by atoms with Gasteiger partial charge in [0.2, 0.25) is 0 Å². The van der Waals surface area contributed by atoms with Crippen LogP contribution in [0.2, 0.25) is 0 Å². The molecule has 0 amide bonds. The molecule has 0 heterocycles. The van der Waals surface area contributed by atoms with Gasteiger partial charge in [0.25, 0.3) is 0 Å². The number of nitriles is 1. The summed E-state index contributed by atoms with van der Waals surface area (Å²) >= 11 is 0. The Labute approximate surface area is 119 Å². The fraction of sp³-hybridized carbons (Fsp3) is 0.562. The lowest BCUT2D eigenvalue weighted by Crippen LogP contribution is -2.42. The van der Waals surface area contributed by atoms with Crippen LogP contribution >= 0.6 is 0 Å². The van der Waals surface area contributed by atoms with E-state index in [1.165, 1.54) is 6.07 Å². The van der Waals surface area contributed by atoms with E-state index in [1.54, 1.807) is 19.1 Å². The van der Waals surface area contributed by atoms with Gasteiger partial charge in [0.05, 0.1) is 12.7 Å². The van der Waals surface area contributed by atoms with Gasteiger partial charge in [-0.1, -0.05) is 6.07 Å². The Kier molecular flexibility index (Phi) is 4.61. The average molecular weight is 276 g/mol. The zero-order valence-corrected chi connectivity index (χ0v) is 12.1. The molecule has 20 heavy (non-hydrogen) atoms. The lowest BCUT2D eigenvalue weighted by molar-refractivity contribution is 0.283. The molecule has 0 saturated heterocycles. The minimum absolute atomic E-state index is 0.250. The molecule has 0 radical (unpaired) electrons. The van der Waals surface area contributed by atoms with Crippen LogP contribution in [0.5, 0.6) is 5.75 Å². The third-order valence-corrected chi connectivity index (χ3v) is 3.58. The summed E-state index contributed by atoms with van der Waals surface area (Å²) in [6, 6.07) is 7.72. The molecule has 3 nitrogen and oxygen atoms in total. The van der Waals surface area contributed by atoms with Crippen molar-refractivity contribution in [3.8, 4) is 11.8 Å². The second kappa shape index (κ2) is 6.23. The van der Waals surface area contributed by atoms with Gasteiger partial charge in [-0.15, -0.1) is 0 Å². The monoisotopic (exact) mass is 276 g/mol. The normalized spacial score (nSPS) is 17.3. The van der Waals surface area contributed by atoms with Crippen molar-refractivity contribution >= 4 is 0 Å². The van der Waals surface area contributed by atoms with E-state index in [1.807, 2.05) is 6.92 Å². The Balaban J connectivity index is 1.74. The molecule has 0 aliphatic heterocycles. The third-order valence-electron chi connectivity index (χ3n) is 3.58. The topological polar surface area (TPSA) is 45.0 Å². The number of halogens is 1. The average Bonchev–Trinajstić information content (AvgIpc) is 3.22. The molecule has 1 atom stereocenters. The Bertz CT molecular complexity index is 508. The van der Waals surface area contributed by atoms with Crippen LogP contribution < -0.4 is 10.1 Å². The van der Waals surface area contributed by atoms with Gasteiger partial charge in [-0.3, -0.25) is 5.32 Å². The number of nitrogens with one attached hydrogen (secondary N) is 1. The molecule has 1 aliphatic carbocycles. The molecule has 108 valence electrons. The number of benzene rings is 1. The first kappa shape index (κ1) is 14.8. The summed E-state index contributed by atoms with van der Waals surface area (Å²) in [7, 11) is 0. The molecule has 1 unspecified atom stereocenters. The quantitative estimate of drug-likeness (QED) is 0.777. The number of hydrogen-bond donors (Lipinski definition) is 1. The number of ether oxygens (including phenoxy) is 1. The molecule has 1 fully saturated rings. The Morgan fingerprint density at radius 3 is 2.85 bits per heavy atom. The zero-order chi connectivity index (χ0) is 14.6. The Morgan fingerprint density at radius 1 is 1.50 bits per heavy atom. The van der Waals surface area contributed by atoms with Crippen molar-refractivity contribution in [3.63, 3.8) is 0 Å². The molecule has 2 rings (SSSR count). The van der Waals surface area contributed by atoms with E-state index in [4.69, 9.17) is 4.74 Å². The van der Waals surface area contributed by atoms with Gasteiger partial charge in [-0.2, -0.15) is 5.26 Å². The molecule has 4 heteroatoms. The van der Waals surface area contributed by atoms with Crippen molar-refractivity contribution in [2.24, 2.45) is 0 Å². The smallest absolute Gasteiger partial charge is 0.129 e. The SMILES string of the molecule is Cc1ccc(OCCCC(C)(C#N)NC2CC2)cc1F. The molecule has 0 aromatic heterocycles. The summed E-state index contributed by atoms with van der Waals surface area (Å²) in [6.07, 6.45) is 3.82. The van der Waals surface area contributed by atoms with Crippen LogP contribution in [0.1, 0.15) is 38.2 Å². The molecular formula is C16H21FN2O. The fourth-order valence-electron chi connectivity index (χ4n) is 2.12. The maximum absolute atomic E-state index is 13.3. The molecule has 1 saturated carbocycles. The number of hydrogen-bond acceptors (Lipinski definition) is 3. The first-order valence-electron chi connectivity index (χ1n) is 7.10. The van der Waals surface area contributed by atoms with Gasteiger partial charge < -0.3 is 4.74 Å². The Hall–Kier alpha value is -1.60. The van der Waals surface area contributed by atoms with Crippen LogP contribution in [0, 0.1) is 24.1 Å². The van der Waals surface area contributed by atoms with Crippen LogP contribution in [0.3, 0.4) is 0 Å². The highest BCUT2D eigenvalue weighted by atomic mass is 19.1. The molecule has 0 spiro atoms. The van der Waals surface area contributed by atoms with Crippen LogP contribution in [0.25, 0.3) is 0 Å². The lowest BCUT2D eigenvalue weighted by Gasteiger charge is -2.23. The van der Waals surface area contributed by atoms with Crippen molar-refractivity contribution in [2.75, 3.05) is 6.61 Å². The molecule has 1 aliphatic rings. The number of nitrogens with zero attached hydrogens (tertiary/aromatic N) is 1. The standard InChI is InChI=1S/C16H21FN2O/c1-12-4-7-14(10-15(12)17)20-9-3-8-16(2,11-18)19-13-5-6-13/h4,7,10,13,19H,3,5-6,8-9H2,1-2H3. The second-order valence-corrected chi connectivity index (χ2v) is 5.73. The van der Waals surface area contributed by atoms with Gasteiger partial charge >= 0.3 is 0 Å². The summed E-state index contributed by atoms with van der Waals surface area (Å²) in [5.41, 5.74) is 0.131. The van der Waals surface area contributed by atoms with Crippen molar-refractivity contribution < 1.29 is 9.13 Å². The van der Waals surface area contributed by atoms with Gasteiger partial charge in [-0.05, 0) is 51.2 Å². The van der Waals surface area contributed by atoms with E-state index in [2.05, 4.69) is 11.4 Å². The molecular weight excluding hydrogens is 255 g/mol. The molecule has 1 aromatic carbocycles. The van der Waals surface area contributed by atoms with Crippen LogP contribution in [-0.4, -0.2) is 18.2 Å². The first-order chi connectivity index (χ1) is 9.52. The molecule has 1 N–H and O–H groups in total. The van der Waals surface area contributed by atoms with Crippen molar-refractivity contribution in [1.82, 2.24) is 5.32 Å². The number of aryl methyl sites for hydroxylation is 1. The van der Waals surface area contributed by atoms with Crippen LogP contribution in [-0.2, 0) is 0 Å². The first-order valence-corrected chi connectivity index (χ1v) is 7.10. The minimum atomic E-state index is -0.483. The van der Waals surface area contributed by atoms with Gasteiger partial charge in [0.15, 0.2) is 0 Å². The summed E-state index contributed by atoms with van der Waals surface area (Å²) in [5, 5.41) is 12.6. The van der Waals surface area contributed by atoms with Gasteiger partial charge in [0, 0.05) is 12.1 Å². The van der Waals surface area contributed by atoms with Crippen LogP contribution in [0.4, 0.5) is 4.39 Å². The summed E-state index contributed by atoms with van der Waals surface area (Å²) in [5.74, 6) is 0.293. The van der Waals surface area contributed by atoms with Gasteiger partial charge in [-0.25, -0.2) is 4.39 Å². The molecule has 0 bridgehead atoms. The minimum Gasteiger partial charge on any atom is -0.493 e.